The second-order valence-electron chi connectivity index (χ2n) is 5.39. The molecule has 4 rings (SSSR count). The highest BCUT2D eigenvalue weighted by molar-refractivity contribution is 5.88. The van der Waals surface area contributed by atoms with Crippen LogP contribution in [-0.2, 0) is 0 Å². The van der Waals surface area contributed by atoms with Gasteiger partial charge in [0, 0.05) is 23.6 Å². The lowest BCUT2D eigenvalue weighted by Gasteiger charge is -2.10. The van der Waals surface area contributed by atoms with Crippen molar-refractivity contribution in [3.63, 3.8) is 0 Å². The topological polar surface area (TPSA) is 83.6 Å². The van der Waals surface area contributed by atoms with Crippen molar-refractivity contribution >= 4 is 22.5 Å². The maximum atomic E-state index is 13.4. The van der Waals surface area contributed by atoms with Crippen molar-refractivity contribution in [1.82, 2.24) is 19.9 Å². The van der Waals surface area contributed by atoms with Gasteiger partial charge in [-0.1, -0.05) is 12.1 Å². The van der Waals surface area contributed by atoms with E-state index in [4.69, 9.17) is 0 Å². The quantitative estimate of drug-likeness (QED) is 0.601. The first-order valence-corrected chi connectivity index (χ1v) is 7.52. The van der Waals surface area contributed by atoms with Gasteiger partial charge in [0.2, 0.25) is 0 Å². The summed E-state index contributed by atoms with van der Waals surface area (Å²) in [5, 5.41) is 3.86. The number of halogens is 1. The molecule has 0 bridgehead atoms. The Bertz CT molecular complexity index is 1130. The largest absolute Gasteiger partial charge is 0.348 e. The molecule has 0 aliphatic rings. The molecule has 7 heteroatoms. The molecule has 3 aromatic heterocycles. The zero-order valence-electron chi connectivity index (χ0n) is 12.9. The van der Waals surface area contributed by atoms with Crippen LogP contribution in [0.5, 0.6) is 0 Å². The SMILES string of the molecule is O=c1nc2ncccc2c(Nc2cccc(-c3cncc(F)c3)c2)[nH]1. The van der Waals surface area contributed by atoms with Crippen molar-refractivity contribution < 1.29 is 4.39 Å². The van der Waals surface area contributed by atoms with Gasteiger partial charge in [-0.3, -0.25) is 9.97 Å². The van der Waals surface area contributed by atoms with Crippen molar-refractivity contribution in [1.29, 1.82) is 0 Å². The number of hydrogen-bond donors (Lipinski definition) is 2. The van der Waals surface area contributed by atoms with Crippen molar-refractivity contribution in [3.8, 4) is 11.1 Å². The van der Waals surface area contributed by atoms with E-state index in [0.717, 1.165) is 17.4 Å². The minimum Gasteiger partial charge on any atom is -0.341 e. The fourth-order valence-corrected chi connectivity index (χ4v) is 2.57. The number of nitrogens with one attached hydrogen (secondary N) is 2. The Labute approximate surface area is 141 Å². The molecule has 122 valence electrons. The Morgan fingerprint density at radius 3 is 2.84 bits per heavy atom. The Morgan fingerprint density at radius 2 is 1.96 bits per heavy atom. The average molecular weight is 333 g/mol. The van der Waals surface area contributed by atoms with Crippen LogP contribution in [-0.4, -0.2) is 19.9 Å². The van der Waals surface area contributed by atoms with Crippen molar-refractivity contribution in [2.45, 2.75) is 0 Å². The van der Waals surface area contributed by atoms with Gasteiger partial charge >= 0.3 is 5.69 Å². The molecule has 25 heavy (non-hydrogen) atoms. The maximum Gasteiger partial charge on any atom is 0.348 e. The Hall–Kier alpha value is -3.61. The molecule has 0 spiro atoms. The van der Waals surface area contributed by atoms with Crippen LogP contribution in [0.25, 0.3) is 22.2 Å². The van der Waals surface area contributed by atoms with Crippen LogP contribution in [0, 0.1) is 5.82 Å². The summed E-state index contributed by atoms with van der Waals surface area (Å²) in [5.41, 5.74) is 2.07. The summed E-state index contributed by atoms with van der Waals surface area (Å²) < 4.78 is 13.4. The lowest BCUT2D eigenvalue weighted by atomic mass is 10.1. The number of rotatable bonds is 3. The van der Waals surface area contributed by atoms with Crippen LogP contribution < -0.4 is 11.0 Å². The highest BCUT2D eigenvalue weighted by atomic mass is 19.1. The number of aromatic nitrogens is 4. The van der Waals surface area contributed by atoms with Gasteiger partial charge in [-0.25, -0.2) is 14.2 Å². The molecule has 1 aromatic carbocycles. The summed E-state index contributed by atoms with van der Waals surface area (Å²) in [6.07, 6.45) is 4.33. The number of nitrogens with zero attached hydrogens (tertiary/aromatic N) is 3. The molecule has 0 unspecified atom stereocenters. The van der Waals surface area contributed by atoms with E-state index in [0.29, 0.717) is 22.4 Å². The summed E-state index contributed by atoms with van der Waals surface area (Å²) in [5.74, 6) is 0.101. The number of pyridine rings is 2. The first-order chi connectivity index (χ1) is 12.2. The van der Waals surface area contributed by atoms with Crippen molar-refractivity contribution in [2.24, 2.45) is 0 Å². The lowest BCUT2D eigenvalue weighted by Crippen LogP contribution is -2.13. The minimum absolute atomic E-state index is 0.360. The van der Waals surface area contributed by atoms with E-state index in [1.807, 2.05) is 30.3 Å². The van der Waals surface area contributed by atoms with Gasteiger partial charge in [0.15, 0.2) is 5.65 Å². The first kappa shape index (κ1) is 14.9. The van der Waals surface area contributed by atoms with Crippen LogP contribution >= 0.6 is 0 Å². The van der Waals surface area contributed by atoms with E-state index in [-0.39, 0.29) is 0 Å². The summed E-state index contributed by atoms with van der Waals surface area (Å²) >= 11 is 0. The molecule has 0 aliphatic heterocycles. The first-order valence-electron chi connectivity index (χ1n) is 7.52. The van der Waals surface area contributed by atoms with Crippen LogP contribution in [0.4, 0.5) is 15.9 Å². The highest BCUT2D eigenvalue weighted by Crippen LogP contribution is 2.25. The Morgan fingerprint density at radius 1 is 1.04 bits per heavy atom. The molecule has 0 radical (unpaired) electrons. The van der Waals surface area contributed by atoms with E-state index in [9.17, 15) is 9.18 Å². The molecule has 0 saturated carbocycles. The van der Waals surface area contributed by atoms with Gasteiger partial charge in [0.1, 0.15) is 11.6 Å². The van der Waals surface area contributed by atoms with Gasteiger partial charge in [0.25, 0.3) is 0 Å². The molecular weight excluding hydrogens is 321 g/mol. The van der Waals surface area contributed by atoms with E-state index in [1.165, 1.54) is 6.07 Å². The molecule has 0 aliphatic carbocycles. The summed E-state index contributed by atoms with van der Waals surface area (Å²) in [7, 11) is 0. The molecule has 2 N–H and O–H groups in total. The van der Waals surface area contributed by atoms with E-state index < -0.39 is 11.5 Å². The van der Waals surface area contributed by atoms with Crippen LogP contribution in [0.3, 0.4) is 0 Å². The Kier molecular flexibility index (Phi) is 3.66. The zero-order chi connectivity index (χ0) is 17.2. The third kappa shape index (κ3) is 3.07. The minimum atomic E-state index is -0.487. The van der Waals surface area contributed by atoms with Gasteiger partial charge in [-0.2, -0.15) is 4.98 Å². The van der Waals surface area contributed by atoms with E-state index in [2.05, 4.69) is 25.3 Å². The molecular formula is C18H12FN5O. The van der Waals surface area contributed by atoms with E-state index in [1.54, 1.807) is 18.5 Å². The molecule has 0 fully saturated rings. The molecule has 0 amide bonds. The standard InChI is InChI=1S/C18H12FN5O/c19-13-7-12(9-20-10-13)11-3-1-4-14(8-11)22-17-15-5-2-6-21-16(15)23-18(25)24-17/h1-10H,(H2,21,22,23,24,25). The fraction of sp³-hybridized carbons (Fsp3) is 0. The summed E-state index contributed by atoms with van der Waals surface area (Å²) in [6, 6.07) is 12.4. The summed E-state index contributed by atoms with van der Waals surface area (Å²) in [4.78, 5) is 26.2. The smallest absolute Gasteiger partial charge is 0.341 e. The predicted octanol–water partition coefficient (Wildman–Crippen LogP) is 3.26. The third-order valence-corrected chi connectivity index (χ3v) is 3.67. The second kappa shape index (κ2) is 6.12. The number of aromatic amines is 1. The van der Waals surface area contributed by atoms with Crippen LogP contribution in [0.1, 0.15) is 0 Å². The maximum absolute atomic E-state index is 13.4. The van der Waals surface area contributed by atoms with Crippen LogP contribution in [0.2, 0.25) is 0 Å². The van der Waals surface area contributed by atoms with Crippen molar-refractivity contribution in [3.05, 3.63) is 77.4 Å². The number of anilines is 2. The lowest BCUT2D eigenvalue weighted by molar-refractivity contribution is 0.622. The van der Waals surface area contributed by atoms with Gasteiger partial charge in [-0.15, -0.1) is 0 Å². The third-order valence-electron chi connectivity index (χ3n) is 3.67. The zero-order valence-corrected chi connectivity index (χ0v) is 12.9. The predicted molar refractivity (Wildman–Crippen MR) is 93.1 cm³/mol. The number of H-pyrrole nitrogens is 1. The van der Waals surface area contributed by atoms with Crippen LogP contribution in [0.15, 0.2) is 65.8 Å². The monoisotopic (exact) mass is 333 g/mol. The fourth-order valence-electron chi connectivity index (χ4n) is 2.57. The molecule has 0 atom stereocenters. The highest BCUT2D eigenvalue weighted by Gasteiger charge is 2.07. The van der Waals surface area contributed by atoms with E-state index >= 15 is 0 Å². The summed E-state index contributed by atoms with van der Waals surface area (Å²) in [6.45, 7) is 0. The molecule has 0 saturated heterocycles. The van der Waals surface area contributed by atoms with Gasteiger partial charge in [-0.05, 0) is 35.9 Å². The number of hydrogen-bond acceptors (Lipinski definition) is 5. The molecule has 4 aromatic rings. The normalized spacial score (nSPS) is 10.8. The van der Waals surface area contributed by atoms with Crippen molar-refractivity contribution in [2.75, 3.05) is 5.32 Å². The number of benzene rings is 1. The van der Waals surface area contributed by atoms with Gasteiger partial charge in [0.05, 0.1) is 11.6 Å². The Balaban J connectivity index is 1.75. The van der Waals surface area contributed by atoms with Gasteiger partial charge < -0.3 is 5.32 Å². The average Bonchev–Trinajstić information content (AvgIpc) is 2.62. The number of fused-ring (bicyclic) bond motifs is 1. The molecule has 3 heterocycles. The second-order valence-corrected chi connectivity index (χ2v) is 5.39. The molecule has 6 nitrogen and oxygen atoms in total.